The van der Waals surface area contributed by atoms with Gasteiger partial charge in [-0.3, -0.25) is 0 Å². The summed E-state index contributed by atoms with van der Waals surface area (Å²) in [5.74, 6) is 0. The predicted molar refractivity (Wildman–Crippen MR) is 59.9 cm³/mol. The number of β-amino-alcohol motifs (C(OH)–C–C–N with tert-alkyl or cyclic N) is 1. The number of hydrogen-bond acceptors (Lipinski definition) is 3. The fourth-order valence-electron chi connectivity index (χ4n) is 2.84. The number of rotatable bonds is 3. The SMILES string of the molecule is CN1CCCC(O)(CCC2CCCO2)C1. The Morgan fingerprint density at radius 1 is 1.47 bits per heavy atom. The van der Waals surface area contributed by atoms with Gasteiger partial charge in [-0.15, -0.1) is 0 Å². The summed E-state index contributed by atoms with van der Waals surface area (Å²) in [6.07, 6.45) is 6.82. The molecule has 0 aromatic carbocycles. The van der Waals surface area contributed by atoms with E-state index in [-0.39, 0.29) is 0 Å². The van der Waals surface area contributed by atoms with Crippen molar-refractivity contribution in [1.29, 1.82) is 0 Å². The highest BCUT2D eigenvalue weighted by Crippen LogP contribution is 2.28. The van der Waals surface area contributed by atoms with E-state index in [2.05, 4.69) is 11.9 Å². The molecule has 2 heterocycles. The number of ether oxygens (including phenoxy) is 1. The monoisotopic (exact) mass is 213 g/mol. The van der Waals surface area contributed by atoms with Crippen LogP contribution in [0.5, 0.6) is 0 Å². The number of likely N-dealkylation sites (tertiary alicyclic amines) is 1. The first-order chi connectivity index (χ1) is 7.18. The minimum atomic E-state index is -0.445. The van der Waals surface area contributed by atoms with Crippen molar-refractivity contribution in [2.45, 2.75) is 50.2 Å². The van der Waals surface area contributed by atoms with Crippen molar-refractivity contribution in [3.63, 3.8) is 0 Å². The van der Waals surface area contributed by atoms with Crippen LogP contribution in [0, 0.1) is 0 Å². The molecular formula is C12H23NO2. The van der Waals surface area contributed by atoms with Crippen LogP contribution < -0.4 is 0 Å². The van der Waals surface area contributed by atoms with E-state index in [4.69, 9.17) is 4.74 Å². The fraction of sp³-hybridized carbons (Fsp3) is 1.00. The van der Waals surface area contributed by atoms with E-state index in [1.165, 1.54) is 12.8 Å². The molecule has 0 bridgehead atoms. The minimum Gasteiger partial charge on any atom is -0.389 e. The third-order valence-electron chi connectivity index (χ3n) is 3.70. The molecule has 1 N–H and O–H groups in total. The molecule has 0 amide bonds. The van der Waals surface area contributed by atoms with Crippen LogP contribution in [0.3, 0.4) is 0 Å². The molecule has 2 atom stereocenters. The number of likely N-dealkylation sites (N-methyl/N-ethyl adjacent to an activating group) is 1. The highest BCUT2D eigenvalue weighted by molar-refractivity contribution is 4.87. The Hall–Kier alpha value is -0.120. The average Bonchev–Trinajstić information content (AvgIpc) is 2.67. The third-order valence-corrected chi connectivity index (χ3v) is 3.70. The van der Waals surface area contributed by atoms with Crippen LogP contribution in [0.25, 0.3) is 0 Å². The molecule has 2 aliphatic rings. The summed E-state index contributed by atoms with van der Waals surface area (Å²) < 4.78 is 5.59. The summed E-state index contributed by atoms with van der Waals surface area (Å²) in [6, 6.07) is 0. The van der Waals surface area contributed by atoms with Gasteiger partial charge in [0.05, 0.1) is 11.7 Å². The van der Waals surface area contributed by atoms with E-state index in [0.717, 1.165) is 45.4 Å². The second-order valence-electron chi connectivity index (χ2n) is 5.24. The van der Waals surface area contributed by atoms with E-state index >= 15 is 0 Å². The van der Waals surface area contributed by atoms with Gasteiger partial charge in [0.25, 0.3) is 0 Å². The molecule has 0 radical (unpaired) electrons. The first-order valence-corrected chi connectivity index (χ1v) is 6.20. The normalized spacial score (nSPS) is 38.4. The first kappa shape index (κ1) is 11.4. The lowest BCUT2D eigenvalue weighted by molar-refractivity contribution is -0.0399. The van der Waals surface area contributed by atoms with Gasteiger partial charge in [-0.05, 0) is 52.1 Å². The molecule has 2 rings (SSSR count). The van der Waals surface area contributed by atoms with Gasteiger partial charge < -0.3 is 14.7 Å². The van der Waals surface area contributed by atoms with Crippen LogP contribution in [0.4, 0.5) is 0 Å². The number of aliphatic hydroxyl groups is 1. The van der Waals surface area contributed by atoms with E-state index < -0.39 is 5.60 Å². The zero-order valence-electron chi connectivity index (χ0n) is 9.74. The molecule has 0 spiro atoms. The van der Waals surface area contributed by atoms with Gasteiger partial charge >= 0.3 is 0 Å². The molecule has 15 heavy (non-hydrogen) atoms. The number of piperidine rings is 1. The van der Waals surface area contributed by atoms with Gasteiger partial charge in [0.15, 0.2) is 0 Å². The average molecular weight is 213 g/mol. The Kier molecular flexibility index (Phi) is 3.65. The first-order valence-electron chi connectivity index (χ1n) is 6.20. The lowest BCUT2D eigenvalue weighted by Crippen LogP contribution is -2.46. The maximum Gasteiger partial charge on any atom is 0.0775 e. The molecule has 3 nitrogen and oxygen atoms in total. The van der Waals surface area contributed by atoms with E-state index in [9.17, 15) is 5.11 Å². The molecule has 3 heteroatoms. The van der Waals surface area contributed by atoms with Crippen molar-refractivity contribution >= 4 is 0 Å². The Balaban J connectivity index is 1.76. The van der Waals surface area contributed by atoms with Gasteiger partial charge in [-0.1, -0.05) is 0 Å². The molecule has 2 unspecified atom stereocenters. The second-order valence-corrected chi connectivity index (χ2v) is 5.24. The smallest absolute Gasteiger partial charge is 0.0775 e. The van der Waals surface area contributed by atoms with Crippen LogP contribution >= 0.6 is 0 Å². The zero-order valence-corrected chi connectivity index (χ0v) is 9.74. The zero-order chi connectivity index (χ0) is 10.7. The highest BCUT2D eigenvalue weighted by atomic mass is 16.5. The van der Waals surface area contributed by atoms with E-state index in [1.54, 1.807) is 0 Å². The Labute approximate surface area is 92.4 Å². The lowest BCUT2D eigenvalue weighted by Gasteiger charge is -2.38. The molecule has 88 valence electrons. The maximum absolute atomic E-state index is 10.4. The predicted octanol–water partition coefficient (Wildman–Crippen LogP) is 1.40. The Morgan fingerprint density at radius 2 is 2.33 bits per heavy atom. The van der Waals surface area contributed by atoms with Crippen LogP contribution in [0.15, 0.2) is 0 Å². The van der Waals surface area contributed by atoms with Crippen LogP contribution in [0.2, 0.25) is 0 Å². The van der Waals surface area contributed by atoms with Gasteiger partial charge in [0.2, 0.25) is 0 Å². The number of hydrogen-bond donors (Lipinski definition) is 1. The lowest BCUT2D eigenvalue weighted by atomic mass is 9.87. The van der Waals surface area contributed by atoms with Crippen molar-refractivity contribution in [1.82, 2.24) is 4.90 Å². The highest BCUT2D eigenvalue weighted by Gasteiger charge is 2.32. The molecular weight excluding hydrogens is 190 g/mol. The van der Waals surface area contributed by atoms with E-state index in [1.807, 2.05) is 0 Å². The van der Waals surface area contributed by atoms with Crippen molar-refractivity contribution in [2.24, 2.45) is 0 Å². The van der Waals surface area contributed by atoms with Crippen LogP contribution in [0.1, 0.15) is 38.5 Å². The fourth-order valence-corrected chi connectivity index (χ4v) is 2.84. The van der Waals surface area contributed by atoms with Gasteiger partial charge in [0, 0.05) is 13.2 Å². The molecule has 0 aromatic rings. The summed E-state index contributed by atoms with van der Waals surface area (Å²) in [6.45, 7) is 2.88. The van der Waals surface area contributed by atoms with Crippen LogP contribution in [-0.4, -0.2) is 48.5 Å². The van der Waals surface area contributed by atoms with Crippen molar-refractivity contribution in [3.05, 3.63) is 0 Å². The molecule has 2 fully saturated rings. The maximum atomic E-state index is 10.4. The summed E-state index contributed by atoms with van der Waals surface area (Å²) in [5, 5.41) is 10.4. The summed E-state index contributed by atoms with van der Waals surface area (Å²) in [7, 11) is 2.09. The standard InChI is InChI=1S/C12H23NO2/c1-13-8-3-6-12(14,10-13)7-5-11-4-2-9-15-11/h11,14H,2-10H2,1H3. The Morgan fingerprint density at radius 3 is 3.00 bits per heavy atom. The summed E-state index contributed by atoms with van der Waals surface area (Å²) >= 11 is 0. The topological polar surface area (TPSA) is 32.7 Å². The molecule has 0 aliphatic carbocycles. The summed E-state index contributed by atoms with van der Waals surface area (Å²) in [4.78, 5) is 2.24. The quantitative estimate of drug-likeness (QED) is 0.769. The van der Waals surface area contributed by atoms with Crippen molar-refractivity contribution in [3.8, 4) is 0 Å². The van der Waals surface area contributed by atoms with Crippen molar-refractivity contribution < 1.29 is 9.84 Å². The summed E-state index contributed by atoms with van der Waals surface area (Å²) in [5.41, 5.74) is -0.445. The molecule has 2 aliphatic heterocycles. The molecule has 0 aromatic heterocycles. The minimum absolute atomic E-state index is 0.418. The molecule has 2 saturated heterocycles. The third kappa shape index (κ3) is 3.16. The van der Waals surface area contributed by atoms with Gasteiger partial charge in [-0.2, -0.15) is 0 Å². The second kappa shape index (κ2) is 4.81. The van der Waals surface area contributed by atoms with Crippen LogP contribution in [-0.2, 0) is 4.74 Å². The largest absolute Gasteiger partial charge is 0.389 e. The van der Waals surface area contributed by atoms with Gasteiger partial charge in [-0.25, -0.2) is 0 Å². The van der Waals surface area contributed by atoms with Gasteiger partial charge in [0.1, 0.15) is 0 Å². The Bertz CT molecular complexity index is 204. The molecule has 0 saturated carbocycles. The van der Waals surface area contributed by atoms with Crippen molar-refractivity contribution in [2.75, 3.05) is 26.7 Å². The number of nitrogens with zero attached hydrogens (tertiary/aromatic N) is 1. The van der Waals surface area contributed by atoms with E-state index in [0.29, 0.717) is 6.10 Å².